The molecule has 106 valence electrons. The van der Waals surface area contributed by atoms with E-state index >= 15 is 0 Å². The highest BCUT2D eigenvalue weighted by Gasteiger charge is 2.19. The largest absolute Gasteiger partial charge is 0.423 e. The van der Waals surface area contributed by atoms with Crippen LogP contribution in [-0.4, -0.2) is 17.5 Å². The fourth-order valence-electron chi connectivity index (χ4n) is 3.08. The van der Waals surface area contributed by atoms with Crippen LogP contribution < -0.4 is 5.63 Å². The van der Waals surface area contributed by atoms with Gasteiger partial charge in [-0.25, -0.2) is 4.79 Å². The molecule has 1 aliphatic rings. The van der Waals surface area contributed by atoms with Gasteiger partial charge in [-0.2, -0.15) is 0 Å². The maximum absolute atomic E-state index is 11.8. The van der Waals surface area contributed by atoms with Crippen molar-refractivity contribution in [2.24, 2.45) is 0 Å². The van der Waals surface area contributed by atoms with Gasteiger partial charge in [-0.1, -0.05) is 18.6 Å². The normalized spacial score (nSPS) is 20.4. The molecule has 0 unspecified atom stereocenters. The highest BCUT2D eigenvalue weighted by Crippen LogP contribution is 2.23. The number of benzene rings is 1. The molecule has 0 bridgehead atoms. The van der Waals surface area contributed by atoms with Crippen LogP contribution >= 0.6 is 0 Å². The zero-order chi connectivity index (χ0) is 14.1. The van der Waals surface area contributed by atoms with Gasteiger partial charge in [0.2, 0.25) is 0 Å². The third kappa shape index (κ3) is 2.63. The maximum atomic E-state index is 11.8. The molecule has 0 radical (unpaired) electrons. The second kappa shape index (κ2) is 5.41. The summed E-state index contributed by atoms with van der Waals surface area (Å²) >= 11 is 0. The van der Waals surface area contributed by atoms with E-state index in [-0.39, 0.29) is 5.63 Å². The third-order valence-electron chi connectivity index (χ3n) is 4.30. The lowest BCUT2D eigenvalue weighted by molar-refractivity contribution is 0.153. The smallest absolute Gasteiger partial charge is 0.336 e. The van der Waals surface area contributed by atoms with E-state index in [2.05, 4.69) is 24.0 Å². The van der Waals surface area contributed by atoms with Crippen molar-refractivity contribution in [3.05, 3.63) is 45.8 Å². The molecule has 3 rings (SSSR count). The van der Waals surface area contributed by atoms with E-state index in [1.165, 1.54) is 19.3 Å². The van der Waals surface area contributed by atoms with Crippen molar-refractivity contribution in [1.82, 2.24) is 4.90 Å². The number of likely N-dealkylation sites (tertiary alicyclic amines) is 1. The Morgan fingerprint density at radius 1 is 1.30 bits per heavy atom. The zero-order valence-electron chi connectivity index (χ0n) is 12.2. The van der Waals surface area contributed by atoms with Crippen LogP contribution in [0.1, 0.15) is 37.3 Å². The Morgan fingerprint density at radius 3 is 2.95 bits per heavy atom. The van der Waals surface area contributed by atoms with Gasteiger partial charge < -0.3 is 4.42 Å². The summed E-state index contributed by atoms with van der Waals surface area (Å²) in [5.74, 6) is 0. The van der Waals surface area contributed by atoms with Crippen LogP contribution in [0.25, 0.3) is 11.0 Å². The minimum absolute atomic E-state index is 0.247. The Morgan fingerprint density at radius 2 is 2.15 bits per heavy atom. The molecular weight excluding hydrogens is 250 g/mol. The van der Waals surface area contributed by atoms with Gasteiger partial charge in [0.25, 0.3) is 0 Å². The number of hydrogen-bond donors (Lipinski definition) is 0. The summed E-state index contributed by atoms with van der Waals surface area (Å²) in [7, 11) is 0. The second-order valence-electron chi connectivity index (χ2n) is 5.91. The summed E-state index contributed by atoms with van der Waals surface area (Å²) in [4.78, 5) is 14.2. The first-order valence-corrected chi connectivity index (χ1v) is 7.41. The number of rotatable bonds is 2. The minimum atomic E-state index is -0.247. The fraction of sp³-hybridized carbons (Fsp3) is 0.471. The molecule has 1 aromatic carbocycles. The van der Waals surface area contributed by atoms with Crippen LogP contribution in [0.3, 0.4) is 0 Å². The Kier molecular flexibility index (Phi) is 3.62. The number of piperidine rings is 1. The Bertz CT molecular complexity index is 674. The molecule has 0 amide bonds. The molecule has 3 heteroatoms. The van der Waals surface area contributed by atoms with Gasteiger partial charge in [-0.3, -0.25) is 4.90 Å². The van der Waals surface area contributed by atoms with Gasteiger partial charge in [0.1, 0.15) is 5.58 Å². The third-order valence-corrected chi connectivity index (χ3v) is 4.30. The van der Waals surface area contributed by atoms with Gasteiger partial charge in [0.15, 0.2) is 0 Å². The molecule has 0 spiro atoms. The van der Waals surface area contributed by atoms with E-state index in [9.17, 15) is 4.79 Å². The van der Waals surface area contributed by atoms with E-state index in [1.54, 1.807) is 6.07 Å². The zero-order valence-corrected chi connectivity index (χ0v) is 12.2. The molecule has 2 heterocycles. The monoisotopic (exact) mass is 271 g/mol. The van der Waals surface area contributed by atoms with Crippen molar-refractivity contribution in [2.75, 3.05) is 6.54 Å². The van der Waals surface area contributed by atoms with Crippen LogP contribution in [0.15, 0.2) is 33.5 Å². The van der Waals surface area contributed by atoms with E-state index < -0.39 is 0 Å². The molecule has 2 aromatic rings. The molecule has 1 atom stereocenters. The highest BCUT2D eigenvalue weighted by molar-refractivity contribution is 5.80. The average molecular weight is 271 g/mol. The summed E-state index contributed by atoms with van der Waals surface area (Å²) in [6.07, 6.45) is 3.82. The lowest BCUT2D eigenvalue weighted by Gasteiger charge is -2.33. The van der Waals surface area contributed by atoms with Crippen molar-refractivity contribution >= 4 is 11.0 Å². The predicted molar refractivity (Wildman–Crippen MR) is 80.9 cm³/mol. The number of aryl methyl sites for hydroxylation is 1. The van der Waals surface area contributed by atoms with Gasteiger partial charge in [0.05, 0.1) is 0 Å². The number of hydrogen-bond acceptors (Lipinski definition) is 3. The van der Waals surface area contributed by atoms with Crippen molar-refractivity contribution in [1.29, 1.82) is 0 Å². The molecule has 1 saturated heterocycles. The first-order valence-electron chi connectivity index (χ1n) is 7.41. The van der Waals surface area contributed by atoms with Crippen molar-refractivity contribution in [3.63, 3.8) is 0 Å². The molecule has 1 aliphatic heterocycles. The van der Waals surface area contributed by atoms with Gasteiger partial charge in [-0.05, 0) is 50.4 Å². The van der Waals surface area contributed by atoms with Gasteiger partial charge in [0, 0.05) is 24.0 Å². The molecule has 1 fully saturated rings. The second-order valence-corrected chi connectivity index (χ2v) is 5.91. The first kappa shape index (κ1) is 13.4. The molecule has 0 aliphatic carbocycles. The molecule has 0 N–H and O–H groups in total. The minimum Gasteiger partial charge on any atom is -0.423 e. The van der Waals surface area contributed by atoms with Crippen LogP contribution in [-0.2, 0) is 6.54 Å². The number of fused-ring (bicyclic) bond motifs is 1. The fourth-order valence-corrected chi connectivity index (χ4v) is 3.08. The van der Waals surface area contributed by atoms with Crippen LogP contribution in [0, 0.1) is 6.92 Å². The lowest BCUT2D eigenvalue weighted by Crippen LogP contribution is -2.36. The highest BCUT2D eigenvalue weighted by atomic mass is 16.4. The standard InChI is InChI=1S/C17H21NO2/c1-12-6-7-15-14(10-17(19)20-16(15)9-12)11-18-8-4-3-5-13(18)2/h6-7,9-10,13H,3-5,8,11H2,1-2H3/t13-/m1/s1. The summed E-state index contributed by atoms with van der Waals surface area (Å²) in [6.45, 7) is 6.25. The Balaban J connectivity index is 2.00. The number of nitrogens with zero attached hydrogens (tertiary/aromatic N) is 1. The van der Waals surface area contributed by atoms with Gasteiger partial charge in [-0.15, -0.1) is 0 Å². The van der Waals surface area contributed by atoms with E-state index in [1.807, 2.05) is 13.0 Å². The summed E-state index contributed by atoms with van der Waals surface area (Å²) < 4.78 is 5.33. The quantitative estimate of drug-likeness (QED) is 0.784. The van der Waals surface area contributed by atoms with Crippen molar-refractivity contribution < 1.29 is 4.42 Å². The molecule has 0 saturated carbocycles. The topological polar surface area (TPSA) is 33.5 Å². The SMILES string of the molecule is Cc1ccc2c(CN3CCCC[C@H]3C)cc(=O)oc2c1. The van der Waals surface area contributed by atoms with E-state index in [0.717, 1.165) is 29.6 Å². The summed E-state index contributed by atoms with van der Waals surface area (Å²) in [6, 6.07) is 8.33. The summed E-state index contributed by atoms with van der Waals surface area (Å²) in [5.41, 5.74) is 2.66. The lowest BCUT2D eigenvalue weighted by atomic mass is 10.0. The van der Waals surface area contributed by atoms with Gasteiger partial charge >= 0.3 is 5.63 Å². The van der Waals surface area contributed by atoms with E-state index in [4.69, 9.17) is 4.42 Å². The molecular formula is C17H21NO2. The molecule has 3 nitrogen and oxygen atoms in total. The molecule has 20 heavy (non-hydrogen) atoms. The van der Waals surface area contributed by atoms with Crippen molar-refractivity contribution in [3.8, 4) is 0 Å². The first-order chi connectivity index (χ1) is 9.63. The van der Waals surface area contributed by atoms with E-state index in [0.29, 0.717) is 11.6 Å². The Hall–Kier alpha value is -1.61. The maximum Gasteiger partial charge on any atom is 0.336 e. The van der Waals surface area contributed by atoms with Crippen LogP contribution in [0.2, 0.25) is 0 Å². The van der Waals surface area contributed by atoms with Crippen molar-refractivity contribution in [2.45, 2.75) is 45.7 Å². The average Bonchev–Trinajstić information content (AvgIpc) is 2.40. The molecule has 1 aromatic heterocycles. The van der Waals surface area contributed by atoms with Crippen LogP contribution in [0.5, 0.6) is 0 Å². The Labute approximate surface area is 119 Å². The summed E-state index contributed by atoms with van der Waals surface area (Å²) in [5, 5.41) is 1.06. The van der Waals surface area contributed by atoms with Crippen LogP contribution in [0.4, 0.5) is 0 Å². The predicted octanol–water partition coefficient (Wildman–Crippen LogP) is 3.48.